The summed E-state index contributed by atoms with van der Waals surface area (Å²) < 4.78 is 30.8. The number of hydrogen-bond acceptors (Lipinski definition) is 5. The SMILES string of the molecule is O=C(CCS(=O)(=O)N1CCOCC1)N1CCC(CCO)C1. The maximum Gasteiger partial charge on any atom is 0.223 e. The van der Waals surface area contributed by atoms with E-state index in [4.69, 9.17) is 9.84 Å². The molecule has 8 heteroatoms. The number of nitrogens with zero attached hydrogens (tertiary/aromatic N) is 2. The van der Waals surface area contributed by atoms with E-state index in [1.165, 1.54) is 4.31 Å². The van der Waals surface area contributed by atoms with Crippen LogP contribution < -0.4 is 0 Å². The van der Waals surface area contributed by atoms with Gasteiger partial charge in [-0.25, -0.2) is 8.42 Å². The summed E-state index contributed by atoms with van der Waals surface area (Å²) >= 11 is 0. The van der Waals surface area contributed by atoms with Crippen LogP contribution in [0.5, 0.6) is 0 Å². The maximum absolute atomic E-state index is 12.1. The van der Waals surface area contributed by atoms with Crippen LogP contribution in [0.1, 0.15) is 19.3 Å². The minimum atomic E-state index is -3.37. The molecule has 7 nitrogen and oxygen atoms in total. The smallest absolute Gasteiger partial charge is 0.223 e. The molecule has 1 atom stereocenters. The van der Waals surface area contributed by atoms with Crippen LogP contribution in [0.4, 0.5) is 0 Å². The zero-order valence-corrected chi connectivity index (χ0v) is 13.1. The summed E-state index contributed by atoms with van der Waals surface area (Å²) in [5, 5.41) is 8.91. The average molecular weight is 320 g/mol. The molecule has 0 radical (unpaired) electrons. The minimum Gasteiger partial charge on any atom is -0.396 e. The molecule has 2 fully saturated rings. The lowest BCUT2D eigenvalue weighted by atomic mass is 10.1. The monoisotopic (exact) mass is 320 g/mol. The number of likely N-dealkylation sites (tertiary alicyclic amines) is 1. The zero-order chi connectivity index (χ0) is 15.3. The molecule has 2 saturated heterocycles. The van der Waals surface area contributed by atoms with E-state index in [9.17, 15) is 13.2 Å². The number of amides is 1. The number of carbonyl (C=O) groups is 1. The predicted octanol–water partition coefficient (Wildman–Crippen LogP) is -0.731. The second-order valence-electron chi connectivity index (χ2n) is 5.58. The summed E-state index contributed by atoms with van der Waals surface area (Å²) in [6.07, 6.45) is 1.63. The van der Waals surface area contributed by atoms with Gasteiger partial charge in [0.05, 0.1) is 19.0 Å². The second-order valence-corrected chi connectivity index (χ2v) is 7.67. The van der Waals surface area contributed by atoms with E-state index in [2.05, 4.69) is 0 Å². The van der Waals surface area contributed by atoms with Crippen molar-refractivity contribution in [3.8, 4) is 0 Å². The van der Waals surface area contributed by atoms with Crippen LogP contribution in [0.2, 0.25) is 0 Å². The van der Waals surface area contributed by atoms with Crippen molar-refractivity contribution in [3.63, 3.8) is 0 Å². The molecule has 0 bridgehead atoms. The van der Waals surface area contributed by atoms with Crippen molar-refractivity contribution < 1.29 is 23.1 Å². The Morgan fingerprint density at radius 3 is 2.62 bits per heavy atom. The molecule has 2 heterocycles. The highest BCUT2D eigenvalue weighted by atomic mass is 32.2. The Hall–Kier alpha value is -0.700. The van der Waals surface area contributed by atoms with E-state index in [0.29, 0.717) is 51.7 Å². The molecular formula is C13H24N2O5S. The quantitative estimate of drug-likeness (QED) is 0.697. The molecule has 1 unspecified atom stereocenters. The number of rotatable bonds is 6. The molecule has 2 aliphatic heterocycles. The normalized spacial score (nSPS) is 24.4. The lowest BCUT2D eigenvalue weighted by molar-refractivity contribution is -0.129. The van der Waals surface area contributed by atoms with Gasteiger partial charge in [0.2, 0.25) is 15.9 Å². The number of hydrogen-bond donors (Lipinski definition) is 1. The largest absolute Gasteiger partial charge is 0.396 e. The van der Waals surface area contributed by atoms with Crippen LogP contribution in [0.3, 0.4) is 0 Å². The first-order valence-corrected chi connectivity index (χ1v) is 9.08. The molecule has 1 N–H and O–H groups in total. The van der Waals surface area contributed by atoms with Gasteiger partial charge < -0.3 is 14.7 Å². The number of aliphatic hydroxyl groups is 1. The summed E-state index contributed by atoms with van der Waals surface area (Å²) in [4.78, 5) is 13.8. The fourth-order valence-corrected chi connectivity index (χ4v) is 4.20. The van der Waals surface area contributed by atoms with Crippen molar-refractivity contribution >= 4 is 15.9 Å². The van der Waals surface area contributed by atoms with E-state index >= 15 is 0 Å². The van der Waals surface area contributed by atoms with Gasteiger partial charge >= 0.3 is 0 Å². The Balaban J connectivity index is 1.78. The van der Waals surface area contributed by atoms with Gasteiger partial charge in [-0.1, -0.05) is 0 Å². The van der Waals surface area contributed by atoms with Crippen LogP contribution in [0.25, 0.3) is 0 Å². The number of aliphatic hydroxyl groups excluding tert-OH is 1. The van der Waals surface area contributed by atoms with Crippen molar-refractivity contribution in [1.82, 2.24) is 9.21 Å². The number of ether oxygens (including phenoxy) is 1. The van der Waals surface area contributed by atoms with Crippen molar-refractivity contribution in [1.29, 1.82) is 0 Å². The van der Waals surface area contributed by atoms with Gasteiger partial charge in [-0.2, -0.15) is 4.31 Å². The van der Waals surface area contributed by atoms with Crippen LogP contribution in [0.15, 0.2) is 0 Å². The predicted molar refractivity (Wildman–Crippen MR) is 77.2 cm³/mol. The first-order valence-electron chi connectivity index (χ1n) is 7.47. The molecule has 2 aliphatic rings. The topological polar surface area (TPSA) is 87.2 Å². The van der Waals surface area contributed by atoms with Gasteiger partial charge in [0.1, 0.15) is 0 Å². The average Bonchev–Trinajstić information content (AvgIpc) is 2.95. The van der Waals surface area contributed by atoms with Gasteiger partial charge in [0.15, 0.2) is 0 Å². The van der Waals surface area contributed by atoms with Crippen molar-refractivity contribution in [2.75, 3.05) is 51.8 Å². The fourth-order valence-electron chi connectivity index (χ4n) is 2.81. The number of carbonyl (C=O) groups excluding carboxylic acids is 1. The van der Waals surface area contributed by atoms with Crippen LogP contribution >= 0.6 is 0 Å². The molecular weight excluding hydrogens is 296 g/mol. The van der Waals surface area contributed by atoms with Crippen molar-refractivity contribution in [2.45, 2.75) is 19.3 Å². The third-order valence-electron chi connectivity index (χ3n) is 4.11. The van der Waals surface area contributed by atoms with Gasteiger partial charge in [-0.15, -0.1) is 0 Å². The highest BCUT2D eigenvalue weighted by molar-refractivity contribution is 7.89. The molecule has 1 amide bonds. The first kappa shape index (κ1) is 16.7. The van der Waals surface area contributed by atoms with E-state index < -0.39 is 10.0 Å². The van der Waals surface area contributed by atoms with Gasteiger partial charge in [-0.3, -0.25) is 4.79 Å². The van der Waals surface area contributed by atoms with Gasteiger partial charge in [-0.05, 0) is 18.8 Å². The van der Waals surface area contributed by atoms with Gasteiger partial charge in [0, 0.05) is 39.2 Å². The number of sulfonamides is 1. The Morgan fingerprint density at radius 1 is 1.24 bits per heavy atom. The fraction of sp³-hybridized carbons (Fsp3) is 0.923. The highest BCUT2D eigenvalue weighted by Crippen LogP contribution is 2.20. The number of morpholine rings is 1. The molecule has 0 aromatic carbocycles. The lowest BCUT2D eigenvalue weighted by Gasteiger charge is -2.26. The van der Waals surface area contributed by atoms with Crippen LogP contribution in [0, 0.1) is 5.92 Å². The molecule has 0 aromatic heterocycles. The summed E-state index contributed by atoms with van der Waals surface area (Å²) in [5.74, 6) is 0.106. The van der Waals surface area contributed by atoms with Gasteiger partial charge in [0.25, 0.3) is 0 Å². The zero-order valence-electron chi connectivity index (χ0n) is 12.2. The van der Waals surface area contributed by atoms with E-state index in [-0.39, 0.29) is 24.7 Å². The summed E-state index contributed by atoms with van der Waals surface area (Å²) in [5.41, 5.74) is 0. The van der Waals surface area contributed by atoms with E-state index in [1.807, 2.05) is 0 Å². The van der Waals surface area contributed by atoms with Crippen LogP contribution in [-0.2, 0) is 19.6 Å². The molecule has 0 aromatic rings. The molecule has 122 valence electrons. The standard InChI is InChI=1S/C13H24N2O5S/c16-7-2-12-1-4-14(11-12)13(17)3-10-21(18,19)15-5-8-20-9-6-15/h12,16H,1-11H2. The molecule has 0 saturated carbocycles. The summed E-state index contributed by atoms with van der Waals surface area (Å²) in [7, 11) is -3.37. The Labute approximate surface area is 125 Å². The highest BCUT2D eigenvalue weighted by Gasteiger charge is 2.29. The Kier molecular flexibility index (Phi) is 5.98. The lowest BCUT2D eigenvalue weighted by Crippen LogP contribution is -2.42. The maximum atomic E-state index is 12.1. The first-order chi connectivity index (χ1) is 10.0. The third-order valence-corrected chi connectivity index (χ3v) is 5.99. The van der Waals surface area contributed by atoms with E-state index in [1.54, 1.807) is 4.90 Å². The Morgan fingerprint density at radius 2 is 1.95 bits per heavy atom. The summed E-state index contributed by atoms with van der Waals surface area (Å²) in [6.45, 7) is 3.03. The van der Waals surface area contributed by atoms with Crippen LogP contribution in [-0.4, -0.2) is 80.4 Å². The molecule has 2 rings (SSSR count). The Bertz CT molecular complexity index is 447. The van der Waals surface area contributed by atoms with Crippen molar-refractivity contribution in [2.24, 2.45) is 5.92 Å². The molecule has 0 spiro atoms. The van der Waals surface area contributed by atoms with Crippen molar-refractivity contribution in [3.05, 3.63) is 0 Å². The molecule has 0 aliphatic carbocycles. The third kappa shape index (κ3) is 4.64. The minimum absolute atomic E-state index is 0.0333. The summed E-state index contributed by atoms with van der Waals surface area (Å²) in [6, 6.07) is 0. The second kappa shape index (κ2) is 7.53. The molecule has 21 heavy (non-hydrogen) atoms. The van der Waals surface area contributed by atoms with E-state index in [0.717, 1.165) is 6.42 Å².